The second-order valence-corrected chi connectivity index (χ2v) is 20.1. The smallest absolute Gasteiger partial charge is 0.286 e. The van der Waals surface area contributed by atoms with E-state index in [0.717, 1.165) is 82.1 Å². The minimum absolute atomic E-state index is 0.0656. The van der Waals surface area contributed by atoms with Gasteiger partial charge in [0.05, 0.1) is 44.0 Å². The Morgan fingerprint density at radius 2 is 1.87 bits per heavy atom. The highest BCUT2D eigenvalue weighted by Gasteiger charge is 2.44. The molecule has 2 amide bonds. The van der Waals surface area contributed by atoms with Gasteiger partial charge < -0.3 is 28.7 Å². The molecular weight excluding hydrogens is 818 g/mol. The standard InChI is InChI=1S/C45H60ClN7O7S/c1-30-27-61(56,49-43(55)36-26-51(3)47-44(36)58-5)48-42(54)32-9-13-41-38(24-32)53(28-45(29-60-41)16-6-7-31-23-34(46)10-12-37(31)45)25-33-8-11-35(33)40(57-4)15-14-39(30)59-22-21-52-19-17-50(2)18-20-52/h9-10,12-15,23-24,26,30,33,35,39-40H,6-8,11,16-22,25,27-29H2,1-5H3,(H,48,49,54,55,56)/b15-14+/t30-,33+,35-,39+,40+,45+,61?/m1/s1. The Bertz CT molecular complexity index is 2250. The maximum absolute atomic E-state index is 15.2. The lowest BCUT2D eigenvalue weighted by molar-refractivity contribution is 0.00937. The minimum atomic E-state index is -3.77. The molecule has 2 fully saturated rings. The number of fused-ring (bicyclic) bond motifs is 4. The van der Waals surface area contributed by atoms with Crippen molar-refractivity contribution in [3.63, 3.8) is 0 Å². The molecule has 16 heteroatoms. The fraction of sp³-hybridized carbons (Fsp3) is 0.578. The fourth-order valence-corrected chi connectivity index (χ4v) is 12.0. The van der Waals surface area contributed by atoms with Gasteiger partial charge in [-0.2, -0.15) is 0 Å². The van der Waals surface area contributed by atoms with E-state index in [1.807, 2.05) is 31.2 Å². The van der Waals surface area contributed by atoms with Gasteiger partial charge in [0, 0.05) is 88.1 Å². The second-order valence-electron chi connectivity index (χ2n) is 17.7. The highest BCUT2D eigenvalue weighted by atomic mass is 35.5. The third-order valence-corrected chi connectivity index (χ3v) is 15.7. The molecule has 1 saturated heterocycles. The second kappa shape index (κ2) is 18.4. The van der Waals surface area contributed by atoms with Crippen LogP contribution in [0.3, 0.4) is 0 Å². The zero-order valence-electron chi connectivity index (χ0n) is 36.0. The summed E-state index contributed by atoms with van der Waals surface area (Å²) in [5, 5.41) is 4.94. The zero-order chi connectivity index (χ0) is 42.9. The molecule has 2 aliphatic carbocycles. The summed E-state index contributed by atoms with van der Waals surface area (Å²) in [7, 11) is 3.19. The molecule has 330 valence electrons. The maximum Gasteiger partial charge on any atom is 0.286 e. The molecule has 4 heterocycles. The number of nitrogens with one attached hydrogen (secondary N) is 1. The van der Waals surface area contributed by atoms with E-state index in [1.54, 1.807) is 20.2 Å². The summed E-state index contributed by atoms with van der Waals surface area (Å²) in [5.74, 6) is -0.713. The van der Waals surface area contributed by atoms with Gasteiger partial charge in [-0.15, -0.1) is 9.46 Å². The van der Waals surface area contributed by atoms with Gasteiger partial charge in [-0.25, -0.2) is 4.21 Å². The Hall–Kier alpha value is -3.99. The number of piperazine rings is 1. The molecule has 2 bridgehead atoms. The SMILES string of the molecule is COc1nn(C)cc1C(=O)NS1(=O)=NC(=O)c2ccc3c(c2)N(C[C@@H]2CC[C@H]2[C@@H](OC)/C=C/[C@H](OCCN2CCN(C)CC2)[C@H](C)C1)C[C@@]1(CCCc2cc(Cl)ccc21)CO3. The number of anilines is 1. The minimum Gasteiger partial charge on any atom is -0.490 e. The van der Waals surface area contributed by atoms with E-state index < -0.39 is 33.8 Å². The van der Waals surface area contributed by atoms with Crippen molar-refractivity contribution in [3.8, 4) is 11.6 Å². The van der Waals surface area contributed by atoms with Crippen LogP contribution < -0.4 is 19.1 Å². The van der Waals surface area contributed by atoms with E-state index in [4.69, 9.17) is 30.5 Å². The quantitative estimate of drug-likeness (QED) is 0.292. The maximum atomic E-state index is 15.2. The first-order valence-electron chi connectivity index (χ1n) is 21.6. The third kappa shape index (κ3) is 9.52. The van der Waals surface area contributed by atoms with Gasteiger partial charge in [0.25, 0.3) is 11.8 Å². The highest BCUT2D eigenvalue weighted by molar-refractivity contribution is 7.92. The first kappa shape index (κ1) is 43.7. The fourth-order valence-electron chi connectivity index (χ4n) is 9.91. The van der Waals surface area contributed by atoms with Crippen LogP contribution in [0.15, 0.2) is 59.1 Å². The summed E-state index contributed by atoms with van der Waals surface area (Å²) in [5.41, 5.74) is 3.32. The number of carbonyl (C=O) groups excluding carboxylic acids is 2. The number of methoxy groups -OCH3 is 2. The van der Waals surface area contributed by atoms with Crippen LogP contribution in [-0.4, -0.2) is 134 Å². The van der Waals surface area contributed by atoms with Crippen LogP contribution in [0.2, 0.25) is 5.02 Å². The molecule has 7 atom stereocenters. The number of benzene rings is 2. The molecule has 1 unspecified atom stereocenters. The number of hydrogen-bond donors (Lipinski definition) is 1. The van der Waals surface area contributed by atoms with Crippen LogP contribution in [0.5, 0.6) is 11.6 Å². The topological polar surface area (TPSA) is 140 Å². The van der Waals surface area contributed by atoms with Gasteiger partial charge in [0.1, 0.15) is 21.2 Å². The van der Waals surface area contributed by atoms with Crippen LogP contribution in [0.4, 0.5) is 5.69 Å². The van der Waals surface area contributed by atoms with E-state index in [9.17, 15) is 9.59 Å². The Morgan fingerprint density at radius 3 is 2.62 bits per heavy atom. The molecular formula is C45H60ClN7O7S. The van der Waals surface area contributed by atoms with Crippen molar-refractivity contribution in [2.24, 2.45) is 29.2 Å². The molecule has 0 radical (unpaired) electrons. The molecule has 14 nitrogen and oxygen atoms in total. The number of nitrogens with zero attached hydrogens (tertiary/aromatic N) is 6. The molecule has 3 aromatic rings. The summed E-state index contributed by atoms with van der Waals surface area (Å²) in [6.07, 6.45) is 9.88. The molecule has 2 aromatic carbocycles. The van der Waals surface area contributed by atoms with Crippen molar-refractivity contribution in [1.82, 2.24) is 24.3 Å². The predicted molar refractivity (Wildman–Crippen MR) is 236 cm³/mol. The number of halogens is 1. The van der Waals surface area contributed by atoms with E-state index in [1.165, 1.54) is 29.1 Å². The van der Waals surface area contributed by atoms with Gasteiger partial charge in [-0.05, 0) is 92.4 Å². The number of amides is 2. The number of carbonyl (C=O) groups is 2. The Labute approximate surface area is 365 Å². The molecule has 61 heavy (non-hydrogen) atoms. The van der Waals surface area contributed by atoms with Crippen LogP contribution in [0, 0.1) is 17.8 Å². The van der Waals surface area contributed by atoms with E-state index in [2.05, 4.69) is 54.1 Å². The van der Waals surface area contributed by atoms with Crippen molar-refractivity contribution in [3.05, 3.63) is 82.0 Å². The Kier molecular flexibility index (Phi) is 13.2. The van der Waals surface area contributed by atoms with Crippen molar-refractivity contribution in [1.29, 1.82) is 0 Å². The molecule has 5 aliphatic rings. The van der Waals surface area contributed by atoms with Crippen molar-refractivity contribution in [2.75, 3.05) is 90.9 Å². The summed E-state index contributed by atoms with van der Waals surface area (Å²) >= 11 is 6.51. The predicted octanol–water partition coefficient (Wildman–Crippen LogP) is 5.39. The first-order valence-corrected chi connectivity index (χ1v) is 23.7. The first-order chi connectivity index (χ1) is 29.4. The summed E-state index contributed by atoms with van der Waals surface area (Å²) < 4.78 is 48.6. The van der Waals surface area contributed by atoms with Crippen LogP contribution in [0.25, 0.3) is 0 Å². The summed E-state index contributed by atoms with van der Waals surface area (Å²) in [6, 6.07) is 11.5. The van der Waals surface area contributed by atoms with Crippen LogP contribution in [-0.2, 0) is 38.3 Å². The third-order valence-electron chi connectivity index (χ3n) is 13.5. The van der Waals surface area contributed by atoms with Gasteiger partial charge in [-0.3, -0.25) is 23.9 Å². The lowest BCUT2D eigenvalue weighted by atomic mass is 9.68. The number of aryl methyl sites for hydroxylation is 2. The normalized spacial score (nSPS) is 30.2. The average Bonchev–Trinajstić information content (AvgIpc) is 3.55. The van der Waals surface area contributed by atoms with Gasteiger partial charge >= 0.3 is 0 Å². The van der Waals surface area contributed by atoms with Crippen molar-refractivity contribution in [2.45, 2.75) is 56.7 Å². The zero-order valence-corrected chi connectivity index (χ0v) is 37.6. The average molecular weight is 879 g/mol. The van der Waals surface area contributed by atoms with E-state index >= 15 is 4.21 Å². The number of aromatic nitrogens is 2. The lowest BCUT2D eigenvalue weighted by Gasteiger charge is -2.46. The van der Waals surface area contributed by atoms with Crippen molar-refractivity contribution < 1.29 is 32.7 Å². The number of likely N-dealkylation sites (N-methyl/N-ethyl adjacent to an activating group) is 1. The number of ether oxygens (including phenoxy) is 4. The number of hydrogen-bond acceptors (Lipinski definition) is 11. The summed E-state index contributed by atoms with van der Waals surface area (Å²) in [6.45, 7) is 8.91. The summed E-state index contributed by atoms with van der Waals surface area (Å²) in [4.78, 5) is 35.4. The van der Waals surface area contributed by atoms with Gasteiger partial charge in [0.15, 0.2) is 0 Å². The molecule has 1 aromatic heterocycles. The Balaban J connectivity index is 1.18. The van der Waals surface area contributed by atoms with Crippen LogP contribution >= 0.6 is 11.6 Å². The largest absolute Gasteiger partial charge is 0.490 e. The monoisotopic (exact) mass is 877 g/mol. The Morgan fingerprint density at radius 1 is 1.07 bits per heavy atom. The molecule has 1 spiro atoms. The van der Waals surface area contributed by atoms with E-state index in [0.29, 0.717) is 31.4 Å². The van der Waals surface area contributed by atoms with E-state index in [-0.39, 0.29) is 40.2 Å². The molecule has 1 saturated carbocycles. The van der Waals surface area contributed by atoms with Crippen molar-refractivity contribution >= 4 is 39.0 Å². The van der Waals surface area contributed by atoms with Gasteiger partial charge in [-0.1, -0.05) is 36.7 Å². The highest BCUT2D eigenvalue weighted by Crippen LogP contribution is 2.47. The molecule has 1 N–H and O–H groups in total. The van der Waals surface area contributed by atoms with Crippen LogP contribution in [0.1, 0.15) is 64.4 Å². The van der Waals surface area contributed by atoms with Gasteiger partial charge in [0.2, 0.25) is 5.88 Å². The molecule has 8 rings (SSSR count). The number of rotatable bonds is 8. The molecule has 3 aliphatic heterocycles. The lowest BCUT2D eigenvalue weighted by Crippen LogP contribution is -2.49.